The molecule has 3 rings (SSSR count). The highest BCUT2D eigenvalue weighted by molar-refractivity contribution is 7.89. The molecule has 2 atom stereocenters. The molecule has 0 saturated carbocycles. The van der Waals surface area contributed by atoms with Crippen LogP contribution < -0.4 is 5.73 Å². The highest BCUT2D eigenvalue weighted by atomic mass is 32.2. The second kappa shape index (κ2) is 7.07. The molecule has 25 heavy (non-hydrogen) atoms. The number of Topliss-reactive ketones (excluding diaryl/α,β-unsaturated/α-hetero) is 1. The van der Waals surface area contributed by atoms with Gasteiger partial charge in [0.05, 0.1) is 4.90 Å². The molecule has 1 saturated heterocycles. The number of carbonyl (C=O) groups is 1. The number of sulfonamides is 1. The lowest BCUT2D eigenvalue weighted by Gasteiger charge is -2.17. The van der Waals surface area contributed by atoms with Crippen LogP contribution in [-0.4, -0.2) is 37.6 Å². The topological polar surface area (TPSA) is 80.5 Å². The van der Waals surface area contributed by atoms with E-state index < -0.39 is 10.0 Å². The van der Waals surface area contributed by atoms with Crippen molar-refractivity contribution in [2.45, 2.75) is 30.2 Å². The third-order valence-corrected chi connectivity index (χ3v) is 6.50. The molecular formula is C19H22N2O3S. The Balaban J connectivity index is 1.88. The van der Waals surface area contributed by atoms with Crippen molar-refractivity contribution >= 4 is 15.8 Å². The first kappa shape index (κ1) is 17.8. The fraction of sp³-hybridized carbons (Fsp3) is 0.316. The summed E-state index contributed by atoms with van der Waals surface area (Å²) in [6.07, 6.45) is 0.341. The lowest BCUT2D eigenvalue weighted by Crippen LogP contribution is -2.32. The number of hydrogen-bond donors (Lipinski definition) is 1. The van der Waals surface area contributed by atoms with Crippen LogP contribution in [0.15, 0.2) is 59.5 Å². The number of carbonyl (C=O) groups excluding carboxylic acids is 1. The van der Waals surface area contributed by atoms with Crippen molar-refractivity contribution in [1.29, 1.82) is 0 Å². The summed E-state index contributed by atoms with van der Waals surface area (Å²) in [4.78, 5) is 12.0. The molecule has 0 aliphatic carbocycles. The second-order valence-electron chi connectivity index (χ2n) is 6.31. The zero-order valence-corrected chi connectivity index (χ0v) is 14.9. The van der Waals surface area contributed by atoms with Crippen molar-refractivity contribution in [2.24, 2.45) is 5.73 Å². The van der Waals surface area contributed by atoms with Gasteiger partial charge in [-0.15, -0.1) is 0 Å². The number of rotatable bonds is 5. The summed E-state index contributed by atoms with van der Waals surface area (Å²) in [6, 6.07) is 15.7. The minimum absolute atomic E-state index is 0.0311. The Bertz CT molecular complexity index is 865. The summed E-state index contributed by atoms with van der Waals surface area (Å²) < 4.78 is 27.4. The predicted molar refractivity (Wildman–Crippen MR) is 97.0 cm³/mol. The van der Waals surface area contributed by atoms with Gasteiger partial charge in [0.2, 0.25) is 10.0 Å². The van der Waals surface area contributed by atoms with Gasteiger partial charge < -0.3 is 5.73 Å². The summed E-state index contributed by atoms with van der Waals surface area (Å²) in [6.45, 7) is 2.38. The van der Waals surface area contributed by atoms with Crippen molar-refractivity contribution in [1.82, 2.24) is 4.31 Å². The van der Waals surface area contributed by atoms with Gasteiger partial charge in [0, 0.05) is 37.0 Å². The van der Waals surface area contributed by atoms with Crippen LogP contribution >= 0.6 is 0 Å². The molecule has 0 unspecified atom stereocenters. The van der Waals surface area contributed by atoms with Gasteiger partial charge in [-0.1, -0.05) is 49.4 Å². The van der Waals surface area contributed by atoms with Crippen LogP contribution in [0.4, 0.5) is 0 Å². The lowest BCUT2D eigenvalue weighted by molar-refractivity contribution is 0.0988. The van der Waals surface area contributed by atoms with E-state index in [-0.39, 0.29) is 29.2 Å². The fourth-order valence-electron chi connectivity index (χ4n) is 3.22. The maximum absolute atomic E-state index is 13.0. The Morgan fingerprint density at radius 2 is 1.84 bits per heavy atom. The van der Waals surface area contributed by atoms with E-state index in [4.69, 9.17) is 5.73 Å². The van der Waals surface area contributed by atoms with Crippen molar-refractivity contribution in [2.75, 3.05) is 13.1 Å². The molecule has 132 valence electrons. The Morgan fingerprint density at radius 1 is 1.12 bits per heavy atom. The Hall–Kier alpha value is -2.02. The highest BCUT2D eigenvalue weighted by Crippen LogP contribution is 2.30. The van der Waals surface area contributed by atoms with E-state index in [9.17, 15) is 13.2 Å². The lowest BCUT2D eigenvalue weighted by atomic mass is 9.95. The Morgan fingerprint density at radius 3 is 2.52 bits per heavy atom. The molecule has 2 aromatic carbocycles. The number of nitrogens with zero attached hydrogens (tertiary/aromatic N) is 1. The molecule has 2 aromatic rings. The summed E-state index contributed by atoms with van der Waals surface area (Å²) in [5.74, 6) is -0.103. The standard InChI is InChI=1S/C19H22N2O3S/c1-2-19(22)15-9-6-10-16(11-15)25(23,24)21-12-17(18(20)13-21)14-7-4-3-5-8-14/h3-11,17-18H,2,12-13,20H2,1H3/t17-,18+/m0/s1. The first-order valence-electron chi connectivity index (χ1n) is 8.37. The fourth-order valence-corrected chi connectivity index (χ4v) is 4.77. The number of benzene rings is 2. The molecule has 1 heterocycles. The van der Waals surface area contributed by atoms with Gasteiger partial charge in [0.1, 0.15) is 0 Å². The third kappa shape index (κ3) is 3.51. The van der Waals surface area contributed by atoms with E-state index >= 15 is 0 Å². The van der Waals surface area contributed by atoms with Crippen LogP contribution in [0.3, 0.4) is 0 Å². The molecule has 6 heteroatoms. The minimum Gasteiger partial charge on any atom is -0.326 e. The Kier molecular flexibility index (Phi) is 5.03. The SMILES string of the molecule is CCC(=O)c1cccc(S(=O)(=O)N2C[C@@H](N)[C@H](c3ccccc3)C2)c1. The highest BCUT2D eigenvalue weighted by Gasteiger charge is 2.38. The van der Waals surface area contributed by atoms with E-state index in [1.165, 1.54) is 16.4 Å². The minimum atomic E-state index is -3.68. The van der Waals surface area contributed by atoms with Crippen molar-refractivity contribution < 1.29 is 13.2 Å². The van der Waals surface area contributed by atoms with E-state index in [0.29, 0.717) is 18.5 Å². The van der Waals surface area contributed by atoms with Crippen LogP contribution in [0, 0.1) is 0 Å². The zero-order valence-electron chi connectivity index (χ0n) is 14.1. The second-order valence-corrected chi connectivity index (χ2v) is 8.25. The molecular weight excluding hydrogens is 336 g/mol. The van der Waals surface area contributed by atoms with E-state index in [1.54, 1.807) is 19.1 Å². The molecule has 5 nitrogen and oxygen atoms in total. The molecule has 2 N–H and O–H groups in total. The summed E-state index contributed by atoms with van der Waals surface area (Å²) >= 11 is 0. The maximum atomic E-state index is 13.0. The molecule has 0 spiro atoms. The molecule has 0 radical (unpaired) electrons. The van der Waals surface area contributed by atoms with Gasteiger partial charge in [-0.05, 0) is 17.7 Å². The molecule has 1 fully saturated rings. The van der Waals surface area contributed by atoms with Crippen molar-refractivity contribution in [3.63, 3.8) is 0 Å². The molecule has 0 amide bonds. The molecule has 0 bridgehead atoms. The number of ketones is 1. The smallest absolute Gasteiger partial charge is 0.243 e. The monoisotopic (exact) mass is 358 g/mol. The van der Waals surface area contributed by atoms with Gasteiger partial charge in [0.15, 0.2) is 5.78 Å². The van der Waals surface area contributed by atoms with Crippen molar-refractivity contribution in [3.8, 4) is 0 Å². The van der Waals surface area contributed by atoms with Gasteiger partial charge >= 0.3 is 0 Å². The summed E-state index contributed by atoms with van der Waals surface area (Å²) in [5.41, 5.74) is 7.68. The van der Waals surface area contributed by atoms with E-state index in [0.717, 1.165) is 5.56 Å². The summed E-state index contributed by atoms with van der Waals surface area (Å²) in [5, 5.41) is 0. The number of hydrogen-bond acceptors (Lipinski definition) is 4. The van der Waals surface area contributed by atoms with Crippen LogP contribution in [0.25, 0.3) is 0 Å². The van der Waals surface area contributed by atoms with Crippen LogP contribution in [0.2, 0.25) is 0 Å². The van der Waals surface area contributed by atoms with Gasteiger partial charge in [-0.2, -0.15) is 4.31 Å². The first-order valence-corrected chi connectivity index (χ1v) is 9.81. The van der Waals surface area contributed by atoms with Crippen LogP contribution in [0.1, 0.15) is 35.2 Å². The van der Waals surface area contributed by atoms with Crippen LogP contribution in [0.5, 0.6) is 0 Å². The van der Waals surface area contributed by atoms with Gasteiger partial charge in [-0.25, -0.2) is 8.42 Å². The van der Waals surface area contributed by atoms with Gasteiger partial charge in [-0.3, -0.25) is 4.79 Å². The average molecular weight is 358 g/mol. The Labute approximate surface area is 148 Å². The molecule has 0 aromatic heterocycles. The van der Waals surface area contributed by atoms with E-state index in [1.807, 2.05) is 30.3 Å². The van der Waals surface area contributed by atoms with E-state index in [2.05, 4.69) is 0 Å². The first-order chi connectivity index (χ1) is 11.9. The van der Waals surface area contributed by atoms with Gasteiger partial charge in [0.25, 0.3) is 0 Å². The van der Waals surface area contributed by atoms with Crippen molar-refractivity contribution in [3.05, 3.63) is 65.7 Å². The molecule has 1 aliphatic heterocycles. The number of nitrogens with two attached hydrogens (primary N) is 1. The largest absolute Gasteiger partial charge is 0.326 e. The zero-order chi connectivity index (χ0) is 18.0. The quantitative estimate of drug-likeness (QED) is 0.832. The average Bonchev–Trinajstić information content (AvgIpc) is 3.04. The third-order valence-electron chi connectivity index (χ3n) is 4.67. The summed E-state index contributed by atoms with van der Waals surface area (Å²) in [7, 11) is -3.68. The predicted octanol–water partition coefficient (Wildman–Crippen LogP) is 2.39. The maximum Gasteiger partial charge on any atom is 0.243 e. The normalized spacial score (nSPS) is 21.4. The van der Waals surface area contributed by atoms with Crippen LogP contribution in [-0.2, 0) is 10.0 Å². The molecule has 1 aliphatic rings.